The summed E-state index contributed by atoms with van der Waals surface area (Å²) in [6, 6.07) is 6.67. The van der Waals surface area contributed by atoms with Gasteiger partial charge in [0.25, 0.3) is 0 Å². The van der Waals surface area contributed by atoms with Gasteiger partial charge in [-0.2, -0.15) is 0 Å². The molecule has 0 aromatic heterocycles. The second-order valence-corrected chi connectivity index (χ2v) is 5.04. The van der Waals surface area contributed by atoms with Crippen LogP contribution in [-0.4, -0.2) is 23.8 Å². The zero-order valence-corrected chi connectivity index (χ0v) is 10.8. The first-order chi connectivity index (χ1) is 8.65. The van der Waals surface area contributed by atoms with Gasteiger partial charge < -0.3 is 15.7 Å². The molecule has 2 atom stereocenters. The van der Waals surface area contributed by atoms with Crippen molar-refractivity contribution in [3.63, 3.8) is 0 Å². The molecule has 1 fully saturated rings. The number of amides is 2. The molecule has 5 heteroatoms. The molecule has 2 amide bonds. The minimum absolute atomic E-state index is 0.181. The molecule has 1 aliphatic rings. The third-order valence-electron chi connectivity index (χ3n) is 3.25. The van der Waals surface area contributed by atoms with Crippen molar-refractivity contribution < 1.29 is 9.90 Å². The summed E-state index contributed by atoms with van der Waals surface area (Å²) in [5, 5.41) is 15.8. The highest BCUT2D eigenvalue weighted by molar-refractivity contribution is 6.30. The second-order valence-electron chi connectivity index (χ2n) is 4.60. The average Bonchev–Trinajstić information content (AvgIpc) is 2.75. The van der Waals surface area contributed by atoms with Gasteiger partial charge in [-0.15, -0.1) is 0 Å². The van der Waals surface area contributed by atoms with Crippen molar-refractivity contribution >= 4 is 23.3 Å². The molecule has 0 aliphatic heterocycles. The van der Waals surface area contributed by atoms with Gasteiger partial charge in [-0.1, -0.05) is 18.0 Å². The van der Waals surface area contributed by atoms with E-state index in [2.05, 4.69) is 10.6 Å². The van der Waals surface area contributed by atoms with E-state index in [1.807, 2.05) is 0 Å². The monoisotopic (exact) mass is 268 g/mol. The number of carbonyl (C=O) groups is 1. The molecule has 0 spiro atoms. The van der Waals surface area contributed by atoms with E-state index >= 15 is 0 Å². The molecule has 2 unspecified atom stereocenters. The van der Waals surface area contributed by atoms with Crippen LogP contribution in [-0.2, 0) is 0 Å². The van der Waals surface area contributed by atoms with E-state index in [-0.39, 0.29) is 18.1 Å². The highest BCUT2D eigenvalue weighted by atomic mass is 35.5. The smallest absolute Gasteiger partial charge is 0.319 e. The summed E-state index contributed by atoms with van der Waals surface area (Å²) in [5.74, 6) is 0.181. The van der Waals surface area contributed by atoms with Crippen molar-refractivity contribution in [3.8, 4) is 0 Å². The molecule has 1 aliphatic carbocycles. The van der Waals surface area contributed by atoms with Gasteiger partial charge in [0.05, 0.1) is 6.10 Å². The van der Waals surface area contributed by atoms with Crippen molar-refractivity contribution in [1.29, 1.82) is 0 Å². The number of anilines is 1. The summed E-state index contributed by atoms with van der Waals surface area (Å²) in [6.07, 6.45) is 2.57. The lowest BCUT2D eigenvalue weighted by molar-refractivity contribution is 0.133. The SMILES string of the molecule is O=C(NCC1CCCC1O)Nc1ccc(Cl)cc1. The van der Waals surface area contributed by atoms with Gasteiger partial charge in [-0.05, 0) is 37.1 Å². The van der Waals surface area contributed by atoms with Crippen LogP contribution in [0.3, 0.4) is 0 Å². The van der Waals surface area contributed by atoms with Gasteiger partial charge in [0.15, 0.2) is 0 Å². The number of halogens is 1. The van der Waals surface area contributed by atoms with Crippen LogP contribution in [0.25, 0.3) is 0 Å². The quantitative estimate of drug-likeness (QED) is 0.789. The molecule has 18 heavy (non-hydrogen) atoms. The lowest BCUT2D eigenvalue weighted by Gasteiger charge is -2.15. The van der Waals surface area contributed by atoms with Crippen molar-refractivity contribution in [2.24, 2.45) is 5.92 Å². The Balaban J connectivity index is 1.76. The summed E-state index contributed by atoms with van der Waals surface area (Å²) >= 11 is 5.76. The summed E-state index contributed by atoms with van der Waals surface area (Å²) in [6.45, 7) is 0.514. The number of aliphatic hydroxyl groups is 1. The highest BCUT2D eigenvalue weighted by Crippen LogP contribution is 2.24. The number of hydrogen-bond donors (Lipinski definition) is 3. The molecule has 0 radical (unpaired) electrons. The maximum atomic E-state index is 11.6. The first kappa shape index (κ1) is 13.2. The fourth-order valence-electron chi connectivity index (χ4n) is 2.19. The molecule has 1 saturated carbocycles. The third kappa shape index (κ3) is 3.62. The normalized spacial score (nSPS) is 22.8. The van der Waals surface area contributed by atoms with Crippen LogP contribution in [0.15, 0.2) is 24.3 Å². The number of hydrogen-bond acceptors (Lipinski definition) is 2. The highest BCUT2D eigenvalue weighted by Gasteiger charge is 2.25. The van der Waals surface area contributed by atoms with Gasteiger partial charge >= 0.3 is 6.03 Å². The first-order valence-electron chi connectivity index (χ1n) is 6.13. The van der Waals surface area contributed by atoms with Crippen molar-refractivity contribution in [2.45, 2.75) is 25.4 Å². The van der Waals surface area contributed by atoms with Crippen molar-refractivity contribution in [3.05, 3.63) is 29.3 Å². The molecule has 98 valence electrons. The molecule has 0 heterocycles. The van der Waals surface area contributed by atoms with E-state index in [0.717, 1.165) is 19.3 Å². The van der Waals surface area contributed by atoms with E-state index in [1.54, 1.807) is 24.3 Å². The van der Waals surface area contributed by atoms with Gasteiger partial charge in [0, 0.05) is 23.2 Å². The van der Waals surface area contributed by atoms with E-state index < -0.39 is 0 Å². The molecule has 0 saturated heterocycles. The fourth-order valence-corrected chi connectivity index (χ4v) is 2.31. The predicted molar refractivity (Wildman–Crippen MR) is 71.8 cm³/mol. The number of benzene rings is 1. The minimum atomic E-state index is -0.277. The summed E-state index contributed by atoms with van der Waals surface area (Å²) in [4.78, 5) is 11.6. The molecule has 3 N–H and O–H groups in total. The van der Waals surface area contributed by atoms with Crippen LogP contribution in [0.4, 0.5) is 10.5 Å². The van der Waals surface area contributed by atoms with Crippen LogP contribution in [0.2, 0.25) is 5.02 Å². The standard InChI is InChI=1S/C13H17ClN2O2/c14-10-4-6-11(7-5-10)16-13(18)15-8-9-2-1-3-12(9)17/h4-7,9,12,17H,1-3,8H2,(H2,15,16,18). The number of urea groups is 1. The zero-order chi connectivity index (χ0) is 13.0. The Hall–Kier alpha value is -1.26. The van der Waals surface area contributed by atoms with Crippen LogP contribution in [0, 0.1) is 5.92 Å². The molecule has 4 nitrogen and oxygen atoms in total. The lowest BCUT2D eigenvalue weighted by Crippen LogP contribution is -2.35. The van der Waals surface area contributed by atoms with Crippen LogP contribution >= 0.6 is 11.6 Å². The van der Waals surface area contributed by atoms with Gasteiger partial charge in [0.2, 0.25) is 0 Å². The molecule has 0 bridgehead atoms. The zero-order valence-electron chi connectivity index (χ0n) is 10.0. The van der Waals surface area contributed by atoms with Crippen LogP contribution in [0.1, 0.15) is 19.3 Å². The Morgan fingerprint density at radius 2 is 2.06 bits per heavy atom. The Kier molecular flexibility index (Phi) is 4.44. The Morgan fingerprint density at radius 1 is 1.33 bits per heavy atom. The summed E-state index contributed by atoms with van der Waals surface area (Å²) < 4.78 is 0. The van der Waals surface area contributed by atoms with Gasteiger partial charge in [0.1, 0.15) is 0 Å². The predicted octanol–water partition coefficient (Wildman–Crippen LogP) is 2.62. The van der Waals surface area contributed by atoms with Gasteiger partial charge in [-0.3, -0.25) is 0 Å². The summed E-state index contributed by atoms with van der Waals surface area (Å²) in [7, 11) is 0. The molecule has 2 rings (SSSR count). The first-order valence-corrected chi connectivity index (χ1v) is 6.51. The maximum absolute atomic E-state index is 11.6. The van der Waals surface area contributed by atoms with E-state index in [9.17, 15) is 9.90 Å². The number of aliphatic hydroxyl groups excluding tert-OH is 1. The Labute approximate surface area is 111 Å². The molecule has 1 aromatic rings. The second kappa shape index (κ2) is 6.07. The summed E-state index contributed by atoms with van der Waals surface area (Å²) in [5.41, 5.74) is 0.698. The third-order valence-corrected chi connectivity index (χ3v) is 3.50. The van der Waals surface area contributed by atoms with E-state index in [0.29, 0.717) is 17.3 Å². The maximum Gasteiger partial charge on any atom is 0.319 e. The average molecular weight is 269 g/mol. The van der Waals surface area contributed by atoms with Crippen LogP contribution in [0.5, 0.6) is 0 Å². The largest absolute Gasteiger partial charge is 0.393 e. The van der Waals surface area contributed by atoms with E-state index in [1.165, 1.54) is 0 Å². The number of carbonyl (C=O) groups excluding carboxylic acids is 1. The molecule has 1 aromatic carbocycles. The topological polar surface area (TPSA) is 61.4 Å². The van der Waals surface area contributed by atoms with Crippen LogP contribution < -0.4 is 10.6 Å². The Bertz CT molecular complexity index is 408. The Morgan fingerprint density at radius 3 is 2.67 bits per heavy atom. The van der Waals surface area contributed by atoms with Gasteiger partial charge in [-0.25, -0.2) is 4.79 Å². The van der Waals surface area contributed by atoms with E-state index in [4.69, 9.17) is 11.6 Å². The minimum Gasteiger partial charge on any atom is -0.393 e. The fraction of sp³-hybridized carbons (Fsp3) is 0.462. The number of nitrogens with one attached hydrogen (secondary N) is 2. The van der Waals surface area contributed by atoms with Crippen molar-refractivity contribution in [1.82, 2.24) is 5.32 Å². The molecular formula is C13H17ClN2O2. The van der Waals surface area contributed by atoms with Crippen molar-refractivity contribution in [2.75, 3.05) is 11.9 Å². The molecular weight excluding hydrogens is 252 g/mol. The number of rotatable bonds is 3. The lowest BCUT2D eigenvalue weighted by atomic mass is 10.1.